The van der Waals surface area contributed by atoms with Gasteiger partial charge in [0, 0.05) is 15.7 Å². The Morgan fingerprint density at radius 1 is 1.43 bits per heavy atom. The molecule has 0 aliphatic carbocycles. The minimum Gasteiger partial charge on any atom is -0.398 e. The van der Waals surface area contributed by atoms with Gasteiger partial charge in [-0.1, -0.05) is 15.9 Å². The molecule has 0 radical (unpaired) electrons. The number of alkyl halides is 2. The molecule has 9 heteroatoms. The molecular formula is C12H14BrF2N5O. The van der Waals surface area contributed by atoms with E-state index < -0.39 is 13.0 Å². The van der Waals surface area contributed by atoms with E-state index in [0.29, 0.717) is 11.5 Å². The number of tetrazole rings is 1. The normalized spacial score (nSPS) is 11.3. The number of anilines is 1. The topological polar surface area (TPSA) is 78.9 Å². The summed E-state index contributed by atoms with van der Waals surface area (Å²) in [6, 6.07) is 3.65. The highest BCUT2D eigenvalue weighted by Gasteiger charge is 2.14. The second-order valence-corrected chi connectivity index (χ2v) is 5.27. The molecule has 0 spiro atoms. The number of benzene rings is 1. The van der Waals surface area contributed by atoms with Crippen LogP contribution in [0.25, 0.3) is 11.4 Å². The van der Waals surface area contributed by atoms with Gasteiger partial charge in [0.15, 0.2) is 5.82 Å². The van der Waals surface area contributed by atoms with Crippen molar-refractivity contribution >= 4 is 21.6 Å². The first kappa shape index (κ1) is 15.8. The molecule has 0 fully saturated rings. The van der Waals surface area contributed by atoms with Crippen molar-refractivity contribution in [2.24, 2.45) is 0 Å². The molecule has 0 amide bonds. The fourth-order valence-corrected chi connectivity index (χ4v) is 2.28. The second-order valence-electron chi connectivity index (χ2n) is 4.36. The highest BCUT2D eigenvalue weighted by molar-refractivity contribution is 9.10. The third kappa shape index (κ3) is 3.94. The van der Waals surface area contributed by atoms with Crippen LogP contribution >= 0.6 is 15.9 Å². The van der Waals surface area contributed by atoms with Crippen LogP contribution in [0.1, 0.15) is 5.56 Å². The average molecular weight is 362 g/mol. The molecule has 1 aromatic carbocycles. The summed E-state index contributed by atoms with van der Waals surface area (Å²) >= 11 is 3.37. The summed E-state index contributed by atoms with van der Waals surface area (Å²) in [4.78, 5) is 0. The Morgan fingerprint density at radius 2 is 2.19 bits per heavy atom. The van der Waals surface area contributed by atoms with Crippen LogP contribution in [-0.4, -0.2) is 39.8 Å². The molecule has 2 N–H and O–H groups in total. The highest BCUT2D eigenvalue weighted by Crippen LogP contribution is 2.29. The first-order valence-corrected chi connectivity index (χ1v) is 6.96. The zero-order valence-electron chi connectivity index (χ0n) is 11.3. The summed E-state index contributed by atoms with van der Waals surface area (Å²) in [5.41, 5.74) is 8.16. The van der Waals surface area contributed by atoms with E-state index in [1.807, 2.05) is 13.0 Å². The molecule has 2 rings (SSSR count). The van der Waals surface area contributed by atoms with Crippen molar-refractivity contribution in [2.75, 3.05) is 18.9 Å². The van der Waals surface area contributed by atoms with E-state index in [4.69, 9.17) is 10.5 Å². The SMILES string of the molecule is Cc1c(N)cc(Br)cc1-c1nnnn1CCOCC(F)F. The summed E-state index contributed by atoms with van der Waals surface area (Å²) in [5, 5.41) is 11.4. The Balaban J connectivity index is 2.17. The van der Waals surface area contributed by atoms with E-state index in [0.717, 1.165) is 15.6 Å². The zero-order chi connectivity index (χ0) is 15.4. The lowest BCUT2D eigenvalue weighted by Gasteiger charge is -2.10. The smallest absolute Gasteiger partial charge is 0.261 e. The molecule has 0 aliphatic rings. The van der Waals surface area contributed by atoms with Crippen LogP contribution in [-0.2, 0) is 11.3 Å². The molecule has 0 saturated heterocycles. The van der Waals surface area contributed by atoms with Gasteiger partial charge in [0.2, 0.25) is 0 Å². The molecule has 21 heavy (non-hydrogen) atoms. The van der Waals surface area contributed by atoms with E-state index >= 15 is 0 Å². The molecule has 1 aromatic heterocycles. The van der Waals surface area contributed by atoms with Crippen molar-refractivity contribution in [1.82, 2.24) is 20.2 Å². The average Bonchev–Trinajstić information content (AvgIpc) is 2.87. The fraction of sp³-hybridized carbons (Fsp3) is 0.417. The number of hydrogen-bond acceptors (Lipinski definition) is 5. The van der Waals surface area contributed by atoms with Crippen LogP contribution in [0, 0.1) is 6.92 Å². The van der Waals surface area contributed by atoms with Gasteiger partial charge in [-0.25, -0.2) is 13.5 Å². The first-order chi connectivity index (χ1) is 9.99. The number of nitrogens with two attached hydrogens (primary N) is 1. The zero-order valence-corrected chi connectivity index (χ0v) is 12.8. The Morgan fingerprint density at radius 3 is 2.90 bits per heavy atom. The van der Waals surface area contributed by atoms with Gasteiger partial charge in [0.25, 0.3) is 6.43 Å². The summed E-state index contributed by atoms with van der Waals surface area (Å²) in [6.07, 6.45) is -2.48. The van der Waals surface area contributed by atoms with Crippen molar-refractivity contribution in [3.8, 4) is 11.4 Å². The predicted molar refractivity (Wildman–Crippen MR) is 76.9 cm³/mol. The van der Waals surface area contributed by atoms with Gasteiger partial charge in [-0.3, -0.25) is 0 Å². The van der Waals surface area contributed by atoms with E-state index in [2.05, 4.69) is 31.5 Å². The molecule has 0 aliphatic heterocycles. The number of aromatic nitrogens is 4. The fourth-order valence-electron chi connectivity index (χ4n) is 1.80. The molecule has 0 bridgehead atoms. The van der Waals surface area contributed by atoms with Crippen molar-refractivity contribution in [2.45, 2.75) is 19.9 Å². The summed E-state index contributed by atoms with van der Waals surface area (Å²) in [5.74, 6) is 0.515. The Kier molecular flexibility index (Phi) is 5.18. The Labute approximate surface area is 128 Å². The van der Waals surface area contributed by atoms with Gasteiger partial charge in [0.1, 0.15) is 6.61 Å². The molecule has 1 heterocycles. The summed E-state index contributed by atoms with van der Waals surface area (Å²) < 4.78 is 31.1. The lowest BCUT2D eigenvalue weighted by atomic mass is 10.1. The number of hydrogen-bond donors (Lipinski definition) is 1. The maximum absolute atomic E-state index is 12.0. The monoisotopic (exact) mass is 361 g/mol. The van der Waals surface area contributed by atoms with Gasteiger partial charge in [-0.15, -0.1) is 5.10 Å². The molecular weight excluding hydrogens is 348 g/mol. The van der Waals surface area contributed by atoms with Crippen LogP contribution in [0.4, 0.5) is 14.5 Å². The van der Waals surface area contributed by atoms with E-state index in [9.17, 15) is 8.78 Å². The van der Waals surface area contributed by atoms with Crippen molar-refractivity contribution in [3.05, 3.63) is 22.2 Å². The maximum atomic E-state index is 12.0. The van der Waals surface area contributed by atoms with Gasteiger partial charge < -0.3 is 10.5 Å². The molecule has 0 saturated carbocycles. The maximum Gasteiger partial charge on any atom is 0.261 e. The van der Waals surface area contributed by atoms with Gasteiger partial charge in [0.05, 0.1) is 13.2 Å². The third-order valence-electron chi connectivity index (χ3n) is 2.88. The van der Waals surface area contributed by atoms with Crippen molar-refractivity contribution in [1.29, 1.82) is 0 Å². The number of nitrogen functional groups attached to an aromatic ring is 1. The van der Waals surface area contributed by atoms with E-state index in [-0.39, 0.29) is 13.2 Å². The lowest BCUT2D eigenvalue weighted by molar-refractivity contribution is 0.0140. The molecule has 0 unspecified atom stereocenters. The van der Waals surface area contributed by atoms with Gasteiger partial charge in [-0.05, 0) is 35.0 Å². The molecule has 114 valence electrons. The summed E-state index contributed by atoms with van der Waals surface area (Å²) in [6.45, 7) is 1.65. The van der Waals surface area contributed by atoms with Crippen LogP contribution < -0.4 is 5.73 Å². The van der Waals surface area contributed by atoms with Crippen molar-refractivity contribution < 1.29 is 13.5 Å². The third-order valence-corrected chi connectivity index (χ3v) is 3.33. The van der Waals surface area contributed by atoms with Gasteiger partial charge in [-0.2, -0.15) is 0 Å². The predicted octanol–water partition coefficient (Wildman–Crippen LogP) is 2.27. The number of ether oxygens (including phenoxy) is 1. The minimum atomic E-state index is -2.48. The molecule has 0 atom stereocenters. The molecule has 6 nitrogen and oxygen atoms in total. The van der Waals surface area contributed by atoms with Crippen LogP contribution in [0.2, 0.25) is 0 Å². The number of rotatable bonds is 6. The Bertz CT molecular complexity index is 620. The van der Waals surface area contributed by atoms with Crippen molar-refractivity contribution in [3.63, 3.8) is 0 Å². The summed E-state index contributed by atoms with van der Waals surface area (Å²) in [7, 11) is 0. The quantitative estimate of drug-likeness (QED) is 0.630. The highest BCUT2D eigenvalue weighted by atomic mass is 79.9. The standard InChI is InChI=1S/C12H14BrF2N5O/c1-7-9(4-8(13)5-10(7)16)12-17-18-19-20(12)2-3-21-6-11(14)15/h4-5,11H,2-3,6,16H2,1H3. The van der Waals surface area contributed by atoms with E-state index in [1.54, 1.807) is 6.07 Å². The van der Waals surface area contributed by atoms with Crippen LogP contribution in [0.3, 0.4) is 0 Å². The first-order valence-electron chi connectivity index (χ1n) is 6.17. The minimum absolute atomic E-state index is 0.102. The number of nitrogens with zero attached hydrogens (tertiary/aromatic N) is 4. The second kappa shape index (κ2) is 6.90. The van der Waals surface area contributed by atoms with Crippen LogP contribution in [0.5, 0.6) is 0 Å². The lowest BCUT2D eigenvalue weighted by Crippen LogP contribution is -2.13. The van der Waals surface area contributed by atoms with Gasteiger partial charge >= 0.3 is 0 Å². The van der Waals surface area contributed by atoms with Crippen LogP contribution in [0.15, 0.2) is 16.6 Å². The largest absolute Gasteiger partial charge is 0.398 e. The number of halogens is 3. The molecule has 2 aromatic rings. The Hall–Kier alpha value is -1.61. The van der Waals surface area contributed by atoms with E-state index in [1.165, 1.54) is 4.68 Å².